The molecule has 0 radical (unpaired) electrons. The molecular weight excluding hydrogens is 701 g/mol. The molecule has 1 saturated heterocycles. The monoisotopic (exact) mass is 723 g/mol. The molecule has 12 heteroatoms. The topological polar surface area (TPSA) is 105 Å². The van der Waals surface area contributed by atoms with Gasteiger partial charge >= 0.3 is 0 Å². The predicted molar refractivity (Wildman–Crippen MR) is 181 cm³/mol. The Morgan fingerprint density at radius 2 is 1.76 bits per heavy atom. The minimum absolute atomic E-state index is 0.00154. The second-order valence-electron chi connectivity index (χ2n) is 9.73. The van der Waals surface area contributed by atoms with Crippen molar-refractivity contribution in [2.24, 2.45) is 0 Å². The van der Waals surface area contributed by atoms with E-state index in [-0.39, 0.29) is 28.7 Å². The van der Waals surface area contributed by atoms with E-state index in [0.29, 0.717) is 32.5 Å². The molecule has 0 saturated carbocycles. The minimum atomic E-state index is -0.691. The largest absolute Gasteiger partial charge is 0.496 e. The Bertz CT molecular complexity index is 1840. The van der Waals surface area contributed by atoms with E-state index in [1.165, 1.54) is 31.0 Å². The zero-order chi connectivity index (χ0) is 32.1. The van der Waals surface area contributed by atoms with Crippen LogP contribution in [0.5, 0.6) is 5.75 Å². The first kappa shape index (κ1) is 32.3. The van der Waals surface area contributed by atoms with Crippen molar-refractivity contribution in [1.29, 1.82) is 0 Å². The number of methoxy groups -OCH3 is 1. The van der Waals surface area contributed by atoms with Crippen molar-refractivity contribution in [3.05, 3.63) is 122 Å². The van der Waals surface area contributed by atoms with E-state index < -0.39 is 23.0 Å². The number of anilines is 2. The van der Waals surface area contributed by atoms with E-state index in [0.717, 1.165) is 9.37 Å². The van der Waals surface area contributed by atoms with Gasteiger partial charge in [-0.3, -0.25) is 19.2 Å². The Balaban J connectivity index is 1.35. The molecule has 1 atom stereocenters. The van der Waals surface area contributed by atoms with Crippen molar-refractivity contribution < 1.29 is 23.9 Å². The van der Waals surface area contributed by atoms with Crippen molar-refractivity contribution >= 4 is 92.0 Å². The lowest BCUT2D eigenvalue weighted by Gasteiger charge is -2.17. The number of thioether (sulfide) groups is 1. The zero-order valence-corrected chi connectivity index (χ0v) is 27.5. The fraction of sp³-hybridized carbons (Fsp3) is 0.0909. The zero-order valence-electron chi connectivity index (χ0n) is 23.6. The maximum absolute atomic E-state index is 13.5. The summed E-state index contributed by atoms with van der Waals surface area (Å²) in [5.41, 5.74) is 1.70. The Kier molecular flexibility index (Phi) is 10.3. The number of nitrogens with zero attached hydrogens (tertiary/aromatic N) is 1. The maximum atomic E-state index is 13.5. The first-order valence-corrected chi connectivity index (χ1v) is 15.9. The van der Waals surface area contributed by atoms with Crippen molar-refractivity contribution in [2.75, 3.05) is 17.3 Å². The molecule has 1 aliphatic heterocycles. The number of hydrogen-bond acceptors (Lipinski definition) is 6. The summed E-state index contributed by atoms with van der Waals surface area (Å²) in [5, 5.41) is 5.43. The van der Waals surface area contributed by atoms with Crippen molar-refractivity contribution in [3.63, 3.8) is 0 Å². The van der Waals surface area contributed by atoms with Crippen molar-refractivity contribution in [1.82, 2.24) is 5.32 Å². The second-order valence-corrected chi connectivity index (χ2v) is 12.7. The van der Waals surface area contributed by atoms with E-state index >= 15 is 0 Å². The fourth-order valence-corrected chi connectivity index (χ4v) is 6.51. The van der Waals surface area contributed by atoms with Crippen LogP contribution in [0.4, 0.5) is 11.4 Å². The molecule has 5 rings (SSSR count). The first-order chi connectivity index (χ1) is 21.6. The van der Waals surface area contributed by atoms with Crippen LogP contribution in [-0.2, 0) is 14.4 Å². The minimum Gasteiger partial charge on any atom is -0.496 e. The standard InChI is InChI=1S/C33H24BrCl2N3O5S/c1-44-28-15-19(10-12-24(28)34)14-26(38-31(41)20-6-3-2-4-7-20)32(42)37-22-8-5-9-23(17-22)45-29-18-30(40)39(33(29)43)27-13-11-21(35)16-25(27)36/h2-17,29H,18H2,1H3,(H,37,42)(H,38,41)/b26-14-/t29-/m0/s1. The number of benzene rings is 4. The van der Waals surface area contributed by atoms with E-state index in [9.17, 15) is 19.2 Å². The second kappa shape index (κ2) is 14.3. The number of rotatable bonds is 9. The molecule has 4 aromatic rings. The third-order valence-corrected chi connectivity index (χ3v) is 9.01. The molecule has 0 spiro atoms. The first-order valence-electron chi connectivity index (χ1n) is 13.4. The number of ether oxygens (including phenoxy) is 1. The quantitative estimate of drug-likeness (QED) is 0.136. The predicted octanol–water partition coefficient (Wildman–Crippen LogP) is 7.60. The van der Waals surface area contributed by atoms with Crippen molar-refractivity contribution in [3.8, 4) is 5.75 Å². The molecule has 0 bridgehead atoms. The Labute approximate surface area is 281 Å². The average molecular weight is 725 g/mol. The molecule has 1 aliphatic rings. The van der Waals surface area contributed by atoms with Gasteiger partial charge in [0.15, 0.2) is 0 Å². The number of hydrogen-bond donors (Lipinski definition) is 2. The number of nitrogens with one attached hydrogen (secondary N) is 2. The van der Waals surface area contributed by atoms with Gasteiger partial charge in [-0.2, -0.15) is 0 Å². The summed E-state index contributed by atoms with van der Waals surface area (Å²) in [6, 6.07) is 25.3. The molecule has 0 unspecified atom stereocenters. The lowest BCUT2D eigenvalue weighted by molar-refractivity contribution is -0.121. The Morgan fingerprint density at radius 3 is 2.49 bits per heavy atom. The van der Waals surface area contributed by atoms with Crippen LogP contribution < -0.4 is 20.3 Å². The van der Waals surface area contributed by atoms with Crippen LogP contribution in [0.15, 0.2) is 106 Å². The maximum Gasteiger partial charge on any atom is 0.272 e. The average Bonchev–Trinajstić information content (AvgIpc) is 3.29. The van der Waals surface area contributed by atoms with Gasteiger partial charge in [-0.15, -0.1) is 11.8 Å². The molecular formula is C33H24BrCl2N3O5S. The van der Waals surface area contributed by atoms with Crippen LogP contribution in [-0.4, -0.2) is 36.0 Å². The van der Waals surface area contributed by atoms with Crippen LogP contribution in [0.3, 0.4) is 0 Å². The van der Waals surface area contributed by atoms with Gasteiger partial charge in [0.25, 0.3) is 11.8 Å². The highest BCUT2D eigenvalue weighted by Crippen LogP contribution is 2.38. The lowest BCUT2D eigenvalue weighted by atomic mass is 10.1. The Morgan fingerprint density at radius 1 is 0.978 bits per heavy atom. The van der Waals surface area contributed by atoms with Crippen LogP contribution in [0.2, 0.25) is 10.0 Å². The van der Waals surface area contributed by atoms with Gasteiger partial charge in [0.05, 0.1) is 27.5 Å². The summed E-state index contributed by atoms with van der Waals surface area (Å²) in [7, 11) is 1.53. The van der Waals surface area contributed by atoms with E-state index in [4.69, 9.17) is 27.9 Å². The highest BCUT2D eigenvalue weighted by Gasteiger charge is 2.41. The molecule has 45 heavy (non-hydrogen) atoms. The number of imide groups is 1. The van der Waals surface area contributed by atoms with E-state index in [1.54, 1.807) is 84.9 Å². The highest BCUT2D eigenvalue weighted by molar-refractivity contribution is 9.10. The van der Waals surface area contributed by atoms with Gasteiger partial charge in [-0.1, -0.05) is 53.5 Å². The normalized spacial score (nSPS) is 14.8. The lowest BCUT2D eigenvalue weighted by Crippen LogP contribution is -2.31. The van der Waals surface area contributed by atoms with Gasteiger partial charge in [0.1, 0.15) is 11.4 Å². The van der Waals surface area contributed by atoms with E-state index in [2.05, 4.69) is 26.6 Å². The molecule has 8 nitrogen and oxygen atoms in total. The summed E-state index contributed by atoms with van der Waals surface area (Å²) >= 11 is 16.9. The molecule has 4 aromatic carbocycles. The summed E-state index contributed by atoms with van der Waals surface area (Å²) < 4.78 is 6.11. The van der Waals surface area contributed by atoms with Crippen LogP contribution >= 0.6 is 50.9 Å². The fourth-order valence-electron chi connectivity index (χ4n) is 4.50. The molecule has 228 valence electrons. The number of carbonyl (C=O) groups is 4. The van der Waals surface area contributed by atoms with Gasteiger partial charge in [0.2, 0.25) is 11.8 Å². The summed E-state index contributed by atoms with van der Waals surface area (Å²) in [4.78, 5) is 54.3. The van der Waals surface area contributed by atoms with Gasteiger partial charge in [-0.05, 0) is 88.2 Å². The highest BCUT2D eigenvalue weighted by atomic mass is 79.9. The number of halogens is 3. The smallest absolute Gasteiger partial charge is 0.272 e. The molecule has 1 heterocycles. The van der Waals surface area contributed by atoms with Gasteiger partial charge in [0, 0.05) is 27.6 Å². The third-order valence-electron chi connectivity index (χ3n) is 6.64. The molecule has 2 N–H and O–H groups in total. The molecule has 4 amide bonds. The van der Waals surface area contributed by atoms with Crippen LogP contribution in [0.1, 0.15) is 22.3 Å². The Hall–Kier alpha value is -4.09. The number of amides is 4. The third kappa shape index (κ3) is 7.77. The number of carbonyl (C=O) groups excluding carboxylic acids is 4. The summed E-state index contributed by atoms with van der Waals surface area (Å²) in [6.45, 7) is 0. The van der Waals surface area contributed by atoms with Crippen LogP contribution in [0, 0.1) is 0 Å². The summed E-state index contributed by atoms with van der Waals surface area (Å²) in [6.07, 6.45) is 1.52. The van der Waals surface area contributed by atoms with E-state index in [1.807, 2.05) is 0 Å². The van der Waals surface area contributed by atoms with Gasteiger partial charge in [-0.25, -0.2) is 4.90 Å². The molecule has 0 aromatic heterocycles. The molecule has 1 fully saturated rings. The van der Waals surface area contributed by atoms with Crippen molar-refractivity contribution in [2.45, 2.75) is 16.6 Å². The molecule has 0 aliphatic carbocycles. The SMILES string of the molecule is COc1cc(/C=C(\NC(=O)c2ccccc2)C(=O)Nc2cccc(S[C@H]3CC(=O)N(c4ccc(Cl)cc4Cl)C3=O)c2)ccc1Br. The summed E-state index contributed by atoms with van der Waals surface area (Å²) in [5.74, 6) is -1.25. The van der Waals surface area contributed by atoms with Crippen LogP contribution in [0.25, 0.3) is 6.08 Å². The van der Waals surface area contributed by atoms with Gasteiger partial charge < -0.3 is 15.4 Å².